The highest BCUT2D eigenvalue weighted by Crippen LogP contribution is 2.32. The zero-order chi connectivity index (χ0) is 12.8. The van der Waals surface area contributed by atoms with Gasteiger partial charge in [-0.05, 0) is 57.7 Å². The third-order valence-electron chi connectivity index (χ3n) is 4.41. The van der Waals surface area contributed by atoms with Crippen LogP contribution in [-0.2, 0) is 0 Å². The highest BCUT2D eigenvalue weighted by molar-refractivity contribution is 4.90. The molecule has 3 atom stereocenters. The first-order valence-electron chi connectivity index (χ1n) is 7.53. The van der Waals surface area contributed by atoms with E-state index in [1.54, 1.807) is 0 Å². The molecule has 0 aromatic heterocycles. The van der Waals surface area contributed by atoms with Crippen LogP contribution in [-0.4, -0.2) is 37.1 Å². The lowest BCUT2D eigenvalue weighted by atomic mass is 9.76. The maximum atomic E-state index is 3.69. The molecule has 0 saturated heterocycles. The predicted molar refractivity (Wildman–Crippen MR) is 76.4 cm³/mol. The molecular formula is C15H32N2. The van der Waals surface area contributed by atoms with Gasteiger partial charge < -0.3 is 10.2 Å². The zero-order valence-electron chi connectivity index (χ0n) is 12.5. The molecule has 17 heavy (non-hydrogen) atoms. The van der Waals surface area contributed by atoms with E-state index in [1.807, 2.05) is 0 Å². The molecule has 2 nitrogen and oxygen atoms in total. The summed E-state index contributed by atoms with van der Waals surface area (Å²) in [5, 5.41) is 3.69. The Balaban J connectivity index is 2.61. The molecule has 0 aromatic rings. The van der Waals surface area contributed by atoms with Gasteiger partial charge in [-0.1, -0.05) is 27.7 Å². The van der Waals surface area contributed by atoms with Crippen LogP contribution in [0.3, 0.4) is 0 Å². The lowest BCUT2D eigenvalue weighted by Crippen LogP contribution is -2.52. The van der Waals surface area contributed by atoms with Gasteiger partial charge in [-0.3, -0.25) is 0 Å². The lowest BCUT2D eigenvalue weighted by Gasteiger charge is -2.42. The van der Waals surface area contributed by atoms with E-state index < -0.39 is 0 Å². The Morgan fingerprint density at radius 2 is 1.94 bits per heavy atom. The smallest absolute Gasteiger partial charge is 0.0249 e. The van der Waals surface area contributed by atoms with Crippen LogP contribution in [0.4, 0.5) is 0 Å². The van der Waals surface area contributed by atoms with E-state index in [2.05, 4.69) is 45.0 Å². The summed E-state index contributed by atoms with van der Waals surface area (Å²) in [5.41, 5.74) is 0. The minimum Gasteiger partial charge on any atom is -0.313 e. The molecule has 0 aliphatic heterocycles. The Hall–Kier alpha value is -0.0800. The highest BCUT2D eigenvalue weighted by atomic mass is 15.2. The number of nitrogens with one attached hydrogen (secondary N) is 1. The summed E-state index contributed by atoms with van der Waals surface area (Å²) in [7, 11) is 2.31. The summed E-state index contributed by atoms with van der Waals surface area (Å²) in [6.07, 6.45) is 5.41. The van der Waals surface area contributed by atoms with E-state index in [9.17, 15) is 0 Å². The molecular weight excluding hydrogens is 208 g/mol. The molecule has 0 aromatic carbocycles. The molecule has 0 spiro atoms. The van der Waals surface area contributed by atoms with Crippen molar-refractivity contribution in [2.24, 2.45) is 11.8 Å². The maximum absolute atomic E-state index is 3.69. The second-order valence-corrected chi connectivity index (χ2v) is 6.03. The molecule has 1 saturated carbocycles. The summed E-state index contributed by atoms with van der Waals surface area (Å²) in [6, 6.07) is 1.46. The first-order chi connectivity index (χ1) is 8.10. The minimum atomic E-state index is 0.714. The van der Waals surface area contributed by atoms with Crippen molar-refractivity contribution >= 4 is 0 Å². The summed E-state index contributed by atoms with van der Waals surface area (Å²) in [4.78, 5) is 2.59. The molecule has 1 aliphatic carbocycles. The van der Waals surface area contributed by atoms with E-state index >= 15 is 0 Å². The lowest BCUT2D eigenvalue weighted by molar-refractivity contribution is 0.103. The average molecular weight is 240 g/mol. The number of rotatable bonds is 6. The Kier molecular flexibility index (Phi) is 6.50. The van der Waals surface area contributed by atoms with Gasteiger partial charge in [0.05, 0.1) is 0 Å². The van der Waals surface area contributed by atoms with E-state index in [-0.39, 0.29) is 0 Å². The van der Waals surface area contributed by atoms with Crippen molar-refractivity contribution in [2.75, 3.05) is 20.1 Å². The minimum absolute atomic E-state index is 0.714. The van der Waals surface area contributed by atoms with Gasteiger partial charge in [0, 0.05) is 12.1 Å². The maximum Gasteiger partial charge on any atom is 0.0249 e. The van der Waals surface area contributed by atoms with Gasteiger partial charge in [-0.25, -0.2) is 0 Å². The van der Waals surface area contributed by atoms with E-state index in [0.29, 0.717) is 6.04 Å². The fourth-order valence-corrected chi connectivity index (χ4v) is 3.29. The van der Waals surface area contributed by atoms with Crippen molar-refractivity contribution < 1.29 is 0 Å². The third-order valence-corrected chi connectivity index (χ3v) is 4.41. The van der Waals surface area contributed by atoms with Gasteiger partial charge in [-0.15, -0.1) is 0 Å². The molecule has 0 radical (unpaired) electrons. The van der Waals surface area contributed by atoms with Crippen LogP contribution in [0.2, 0.25) is 0 Å². The summed E-state index contributed by atoms with van der Waals surface area (Å²) in [6.45, 7) is 11.6. The summed E-state index contributed by atoms with van der Waals surface area (Å²) >= 11 is 0. The van der Waals surface area contributed by atoms with Crippen LogP contribution < -0.4 is 5.32 Å². The van der Waals surface area contributed by atoms with Crippen LogP contribution in [0.15, 0.2) is 0 Å². The van der Waals surface area contributed by atoms with Crippen LogP contribution >= 0.6 is 0 Å². The molecule has 0 bridgehead atoms. The fraction of sp³-hybridized carbons (Fsp3) is 1.00. The Morgan fingerprint density at radius 1 is 1.24 bits per heavy atom. The average Bonchev–Trinajstić information content (AvgIpc) is 2.30. The van der Waals surface area contributed by atoms with E-state index in [0.717, 1.165) is 24.4 Å². The molecule has 102 valence electrons. The first kappa shape index (κ1) is 15.0. The second kappa shape index (κ2) is 7.38. The summed E-state index contributed by atoms with van der Waals surface area (Å²) in [5.74, 6) is 1.77. The Morgan fingerprint density at radius 3 is 2.47 bits per heavy atom. The van der Waals surface area contributed by atoms with Crippen LogP contribution in [0, 0.1) is 11.8 Å². The highest BCUT2D eigenvalue weighted by Gasteiger charge is 2.33. The van der Waals surface area contributed by atoms with Crippen molar-refractivity contribution in [3.63, 3.8) is 0 Å². The standard InChI is InChI=1S/C15H32N2/c1-6-10-17(5)15-11-13(12(3)4)8-9-14(15)16-7-2/h12-16H,6-11H2,1-5H3. The largest absolute Gasteiger partial charge is 0.313 e. The first-order valence-corrected chi connectivity index (χ1v) is 7.53. The third kappa shape index (κ3) is 4.26. The topological polar surface area (TPSA) is 15.3 Å². The van der Waals surface area contributed by atoms with Crippen molar-refractivity contribution in [2.45, 2.75) is 65.5 Å². The zero-order valence-corrected chi connectivity index (χ0v) is 12.5. The van der Waals surface area contributed by atoms with Crippen molar-refractivity contribution in [3.8, 4) is 0 Å². The van der Waals surface area contributed by atoms with Crippen LogP contribution in [0.25, 0.3) is 0 Å². The molecule has 1 rings (SSSR count). The van der Waals surface area contributed by atoms with E-state index in [4.69, 9.17) is 0 Å². The van der Waals surface area contributed by atoms with Crippen molar-refractivity contribution in [1.29, 1.82) is 0 Å². The number of hydrogen-bond donors (Lipinski definition) is 1. The molecule has 1 N–H and O–H groups in total. The molecule has 0 amide bonds. The monoisotopic (exact) mass is 240 g/mol. The SMILES string of the molecule is CCCN(C)C1CC(C(C)C)CCC1NCC. The van der Waals surface area contributed by atoms with Gasteiger partial charge >= 0.3 is 0 Å². The van der Waals surface area contributed by atoms with Crippen molar-refractivity contribution in [3.05, 3.63) is 0 Å². The molecule has 1 fully saturated rings. The molecule has 2 heteroatoms. The predicted octanol–water partition coefficient (Wildman–Crippen LogP) is 3.13. The molecule has 0 heterocycles. The van der Waals surface area contributed by atoms with E-state index in [1.165, 1.54) is 32.2 Å². The Bertz CT molecular complexity index is 203. The number of likely N-dealkylation sites (N-methyl/N-ethyl adjacent to an activating group) is 2. The second-order valence-electron chi connectivity index (χ2n) is 6.03. The Labute approximate surface area is 108 Å². The van der Waals surface area contributed by atoms with Gasteiger partial charge in [0.1, 0.15) is 0 Å². The van der Waals surface area contributed by atoms with Crippen molar-refractivity contribution in [1.82, 2.24) is 10.2 Å². The van der Waals surface area contributed by atoms with Gasteiger partial charge in [0.15, 0.2) is 0 Å². The van der Waals surface area contributed by atoms with Gasteiger partial charge in [0.2, 0.25) is 0 Å². The molecule has 1 aliphatic rings. The van der Waals surface area contributed by atoms with Crippen LogP contribution in [0.5, 0.6) is 0 Å². The summed E-state index contributed by atoms with van der Waals surface area (Å²) < 4.78 is 0. The normalized spacial score (nSPS) is 30.2. The quantitative estimate of drug-likeness (QED) is 0.767. The van der Waals surface area contributed by atoms with Gasteiger partial charge in [0.25, 0.3) is 0 Å². The fourth-order valence-electron chi connectivity index (χ4n) is 3.29. The number of hydrogen-bond acceptors (Lipinski definition) is 2. The molecule has 3 unspecified atom stereocenters. The van der Waals surface area contributed by atoms with Crippen LogP contribution in [0.1, 0.15) is 53.4 Å². The number of nitrogens with zero attached hydrogens (tertiary/aromatic N) is 1. The van der Waals surface area contributed by atoms with Gasteiger partial charge in [-0.2, -0.15) is 0 Å².